The monoisotopic (exact) mass is 271 g/mol. The second-order valence-corrected chi connectivity index (χ2v) is 5.26. The number of aryl methyl sites for hydroxylation is 2. The van der Waals surface area contributed by atoms with Crippen LogP contribution in [0.25, 0.3) is 0 Å². The summed E-state index contributed by atoms with van der Waals surface area (Å²) >= 11 is 0. The molecule has 0 saturated heterocycles. The van der Waals surface area contributed by atoms with Crippen LogP contribution in [0.2, 0.25) is 0 Å². The van der Waals surface area contributed by atoms with Crippen LogP contribution in [0.3, 0.4) is 0 Å². The lowest BCUT2D eigenvalue weighted by atomic mass is 10.00. The molecule has 0 radical (unpaired) electrons. The molecular formula is C17H25N3. The smallest absolute Gasteiger partial charge is 0.0492 e. The Morgan fingerprint density at radius 2 is 2.00 bits per heavy atom. The molecule has 1 atom stereocenters. The summed E-state index contributed by atoms with van der Waals surface area (Å²) in [5.41, 5.74) is 2.71. The van der Waals surface area contributed by atoms with Gasteiger partial charge in [0.15, 0.2) is 0 Å². The SMILES string of the molecule is CCCNC(CCCc1ccnn1C)c1ccccc1. The number of benzene rings is 1. The maximum Gasteiger partial charge on any atom is 0.0492 e. The van der Waals surface area contributed by atoms with Crippen molar-refractivity contribution >= 4 is 0 Å². The highest BCUT2D eigenvalue weighted by molar-refractivity contribution is 5.18. The third kappa shape index (κ3) is 4.20. The van der Waals surface area contributed by atoms with Gasteiger partial charge in [0, 0.05) is 25.0 Å². The van der Waals surface area contributed by atoms with Gasteiger partial charge < -0.3 is 5.32 Å². The van der Waals surface area contributed by atoms with Gasteiger partial charge >= 0.3 is 0 Å². The normalized spacial score (nSPS) is 12.5. The van der Waals surface area contributed by atoms with E-state index in [0.717, 1.165) is 19.4 Å². The molecule has 2 rings (SSSR count). The molecule has 1 aromatic heterocycles. The van der Waals surface area contributed by atoms with Crippen molar-refractivity contribution in [2.24, 2.45) is 7.05 Å². The third-order valence-electron chi connectivity index (χ3n) is 3.69. The van der Waals surface area contributed by atoms with E-state index >= 15 is 0 Å². The summed E-state index contributed by atoms with van der Waals surface area (Å²) in [6.07, 6.45) is 6.48. The second kappa shape index (κ2) is 7.85. The number of nitrogens with zero attached hydrogens (tertiary/aromatic N) is 2. The van der Waals surface area contributed by atoms with E-state index < -0.39 is 0 Å². The minimum Gasteiger partial charge on any atom is -0.310 e. The molecule has 0 amide bonds. The van der Waals surface area contributed by atoms with Crippen LogP contribution >= 0.6 is 0 Å². The van der Waals surface area contributed by atoms with Gasteiger partial charge in [-0.2, -0.15) is 5.10 Å². The first kappa shape index (κ1) is 14.8. The molecule has 3 heteroatoms. The summed E-state index contributed by atoms with van der Waals surface area (Å²) in [7, 11) is 2.01. The fourth-order valence-electron chi connectivity index (χ4n) is 2.52. The van der Waals surface area contributed by atoms with E-state index in [9.17, 15) is 0 Å². The van der Waals surface area contributed by atoms with E-state index in [-0.39, 0.29) is 0 Å². The second-order valence-electron chi connectivity index (χ2n) is 5.26. The first-order valence-corrected chi connectivity index (χ1v) is 7.56. The molecular weight excluding hydrogens is 246 g/mol. The van der Waals surface area contributed by atoms with Crippen LogP contribution in [0.5, 0.6) is 0 Å². The molecule has 108 valence electrons. The summed E-state index contributed by atoms with van der Waals surface area (Å²) < 4.78 is 1.97. The van der Waals surface area contributed by atoms with Gasteiger partial charge in [0.1, 0.15) is 0 Å². The van der Waals surface area contributed by atoms with Crippen LogP contribution < -0.4 is 5.32 Å². The van der Waals surface area contributed by atoms with E-state index in [1.165, 1.54) is 24.1 Å². The third-order valence-corrected chi connectivity index (χ3v) is 3.69. The predicted octanol–water partition coefficient (Wildman–Crippen LogP) is 3.48. The predicted molar refractivity (Wildman–Crippen MR) is 83.6 cm³/mol. The van der Waals surface area contributed by atoms with Crippen LogP contribution in [0.4, 0.5) is 0 Å². The van der Waals surface area contributed by atoms with Gasteiger partial charge in [-0.15, -0.1) is 0 Å². The molecule has 1 heterocycles. The molecule has 0 saturated carbocycles. The molecule has 1 aromatic carbocycles. The fraction of sp³-hybridized carbons (Fsp3) is 0.471. The Morgan fingerprint density at radius 1 is 1.20 bits per heavy atom. The Bertz CT molecular complexity index is 490. The van der Waals surface area contributed by atoms with E-state index in [0.29, 0.717) is 6.04 Å². The maximum absolute atomic E-state index is 4.22. The van der Waals surface area contributed by atoms with E-state index in [1.807, 2.05) is 17.9 Å². The van der Waals surface area contributed by atoms with Crippen molar-refractivity contribution in [2.45, 2.75) is 38.6 Å². The van der Waals surface area contributed by atoms with Crippen LogP contribution in [-0.4, -0.2) is 16.3 Å². The molecule has 1 N–H and O–H groups in total. The van der Waals surface area contributed by atoms with Gasteiger partial charge in [0.05, 0.1) is 0 Å². The number of hydrogen-bond acceptors (Lipinski definition) is 2. The minimum atomic E-state index is 0.462. The Kier molecular flexibility index (Phi) is 5.81. The molecule has 1 unspecified atom stereocenters. The zero-order valence-electron chi connectivity index (χ0n) is 12.5. The number of aromatic nitrogens is 2. The average Bonchev–Trinajstić information content (AvgIpc) is 2.89. The van der Waals surface area contributed by atoms with E-state index in [4.69, 9.17) is 0 Å². The van der Waals surface area contributed by atoms with Crippen LogP contribution in [0.15, 0.2) is 42.6 Å². The van der Waals surface area contributed by atoms with Crippen molar-refractivity contribution in [1.29, 1.82) is 0 Å². The standard InChI is InChI=1S/C17H25N3/c1-3-13-18-17(15-8-5-4-6-9-15)11-7-10-16-12-14-19-20(16)2/h4-6,8-9,12,14,17-18H,3,7,10-11,13H2,1-2H3. The maximum atomic E-state index is 4.22. The molecule has 2 aromatic rings. The summed E-state index contributed by atoms with van der Waals surface area (Å²) in [6, 6.07) is 13.3. The summed E-state index contributed by atoms with van der Waals surface area (Å²) in [5, 5.41) is 7.88. The van der Waals surface area contributed by atoms with Crippen molar-refractivity contribution < 1.29 is 0 Å². The first-order valence-electron chi connectivity index (χ1n) is 7.56. The Balaban J connectivity index is 1.89. The van der Waals surface area contributed by atoms with Crippen molar-refractivity contribution in [2.75, 3.05) is 6.54 Å². The topological polar surface area (TPSA) is 29.9 Å². The molecule has 0 aliphatic rings. The Morgan fingerprint density at radius 3 is 2.65 bits per heavy atom. The van der Waals surface area contributed by atoms with Gasteiger partial charge in [-0.05, 0) is 43.9 Å². The summed E-state index contributed by atoms with van der Waals surface area (Å²) in [6.45, 7) is 3.29. The molecule has 20 heavy (non-hydrogen) atoms. The number of hydrogen-bond donors (Lipinski definition) is 1. The molecule has 0 aliphatic heterocycles. The van der Waals surface area contributed by atoms with Crippen molar-refractivity contribution in [1.82, 2.24) is 15.1 Å². The lowest BCUT2D eigenvalue weighted by molar-refractivity contribution is 0.480. The lowest BCUT2D eigenvalue weighted by Gasteiger charge is -2.19. The number of nitrogens with one attached hydrogen (secondary N) is 1. The quantitative estimate of drug-likeness (QED) is 0.796. The minimum absolute atomic E-state index is 0.462. The van der Waals surface area contributed by atoms with Gasteiger partial charge in [-0.1, -0.05) is 37.3 Å². The zero-order valence-corrected chi connectivity index (χ0v) is 12.5. The molecule has 0 bridgehead atoms. The summed E-state index contributed by atoms with van der Waals surface area (Å²) in [5.74, 6) is 0. The zero-order chi connectivity index (χ0) is 14.2. The highest BCUT2D eigenvalue weighted by Gasteiger charge is 2.10. The van der Waals surface area contributed by atoms with Crippen LogP contribution in [-0.2, 0) is 13.5 Å². The highest BCUT2D eigenvalue weighted by atomic mass is 15.2. The molecule has 0 spiro atoms. The average molecular weight is 271 g/mol. The Hall–Kier alpha value is -1.61. The lowest BCUT2D eigenvalue weighted by Crippen LogP contribution is -2.22. The van der Waals surface area contributed by atoms with Crippen LogP contribution in [0, 0.1) is 0 Å². The van der Waals surface area contributed by atoms with Gasteiger partial charge in [-0.25, -0.2) is 0 Å². The molecule has 0 aliphatic carbocycles. The summed E-state index contributed by atoms with van der Waals surface area (Å²) in [4.78, 5) is 0. The highest BCUT2D eigenvalue weighted by Crippen LogP contribution is 2.19. The molecule has 0 fully saturated rings. The van der Waals surface area contributed by atoms with Crippen molar-refractivity contribution in [3.8, 4) is 0 Å². The fourth-order valence-corrected chi connectivity index (χ4v) is 2.52. The van der Waals surface area contributed by atoms with Crippen molar-refractivity contribution in [3.05, 3.63) is 53.9 Å². The van der Waals surface area contributed by atoms with E-state index in [2.05, 4.69) is 53.7 Å². The van der Waals surface area contributed by atoms with Crippen LogP contribution in [0.1, 0.15) is 43.5 Å². The number of rotatable bonds is 8. The van der Waals surface area contributed by atoms with E-state index in [1.54, 1.807) is 0 Å². The molecule has 3 nitrogen and oxygen atoms in total. The Labute approximate surface area is 122 Å². The van der Waals surface area contributed by atoms with Gasteiger partial charge in [0.25, 0.3) is 0 Å². The van der Waals surface area contributed by atoms with Gasteiger partial charge in [-0.3, -0.25) is 4.68 Å². The largest absolute Gasteiger partial charge is 0.310 e. The van der Waals surface area contributed by atoms with Crippen molar-refractivity contribution in [3.63, 3.8) is 0 Å². The van der Waals surface area contributed by atoms with Gasteiger partial charge in [0.2, 0.25) is 0 Å². The first-order chi connectivity index (χ1) is 9.81.